The number of hydrogen-bond donors (Lipinski definition) is 0. The molecule has 3 aromatic heterocycles. The van der Waals surface area contributed by atoms with Crippen LogP contribution in [0.15, 0.2) is 67.1 Å². The molecule has 4 aromatic rings. The van der Waals surface area contributed by atoms with E-state index in [2.05, 4.69) is 9.97 Å². The molecule has 30 heavy (non-hydrogen) atoms. The van der Waals surface area contributed by atoms with E-state index in [0.29, 0.717) is 19.5 Å². The van der Waals surface area contributed by atoms with Crippen LogP contribution in [0.25, 0.3) is 28.2 Å². The summed E-state index contributed by atoms with van der Waals surface area (Å²) in [6.45, 7) is 1.09. The number of fused-ring (bicyclic) bond motifs is 1. The third kappa shape index (κ3) is 3.80. The van der Waals surface area contributed by atoms with Crippen LogP contribution in [-0.2, 0) is 6.54 Å². The SMILES string of the molecule is FC1(F)CCCN(Cc2ccc(-c3cnc4ccc(-c5ccncc5)nn34)cc2)C1. The molecule has 1 fully saturated rings. The number of hydrogen-bond acceptors (Lipinski definition) is 4. The highest BCUT2D eigenvalue weighted by atomic mass is 19.3. The van der Waals surface area contributed by atoms with Gasteiger partial charge in [0.15, 0.2) is 5.65 Å². The summed E-state index contributed by atoms with van der Waals surface area (Å²) >= 11 is 0. The molecular weight excluding hydrogens is 384 g/mol. The minimum atomic E-state index is -2.58. The molecule has 0 spiro atoms. The normalized spacial score (nSPS) is 16.7. The summed E-state index contributed by atoms with van der Waals surface area (Å²) in [7, 11) is 0. The number of halogens is 2. The van der Waals surface area contributed by atoms with Gasteiger partial charge in [0.25, 0.3) is 5.92 Å². The first-order valence-corrected chi connectivity index (χ1v) is 10.0. The molecule has 0 atom stereocenters. The monoisotopic (exact) mass is 405 g/mol. The van der Waals surface area contributed by atoms with E-state index in [0.717, 1.165) is 33.7 Å². The fraction of sp³-hybridized carbons (Fsp3) is 0.261. The highest BCUT2D eigenvalue weighted by Gasteiger charge is 2.34. The fourth-order valence-electron chi connectivity index (χ4n) is 3.97. The molecule has 1 aliphatic rings. The molecule has 0 bridgehead atoms. The number of pyridine rings is 1. The quantitative estimate of drug-likeness (QED) is 0.494. The molecule has 1 saturated heterocycles. The largest absolute Gasteiger partial charge is 0.293 e. The van der Waals surface area contributed by atoms with Crippen molar-refractivity contribution in [1.82, 2.24) is 24.5 Å². The maximum atomic E-state index is 13.6. The van der Waals surface area contributed by atoms with Crippen LogP contribution in [0.2, 0.25) is 0 Å². The summed E-state index contributed by atoms with van der Waals surface area (Å²) in [5, 5.41) is 4.75. The number of likely N-dealkylation sites (tertiary alicyclic amines) is 1. The smallest absolute Gasteiger partial charge is 0.260 e. The van der Waals surface area contributed by atoms with Crippen LogP contribution in [-0.4, -0.2) is 43.5 Å². The van der Waals surface area contributed by atoms with Crippen molar-refractivity contribution in [2.24, 2.45) is 0 Å². The predicted octanol–water partition coefficient (Wildman–Crippen LogP) is 4.69. The third-order valence-electron chi connectivity index (χ3n) is 5.47. The Kier molecular flexibility index (Phi) is 4.75. The van der Waals surface area contributed by atoms with Crippen LogP contribution in [0.4, 0.5) is 8.78 Å². The summed E-state index contributed by atoms with van der Waals surface area (Å²) in [4.78, 5) is 10.3. The lowest BCUT2D eigenvalue weighted by Gasteiger charge is -2.32. The Bertz CT molecular complexity index is 1160. The molecule has 5 rings (SSSR count). The molecule has 5 nitrogen and oxygen atoms in total. The first-order chi connectivity index (χ1) is 14.6. The molecule has 1 aliphatic heterocycles. The van der Waals surface area contributed by atoms with Gasteiger partial charge >= 0.3 is 0 Å². The summed E-state index contributed by atoms with van der Waals surface area (Å²) in [6, 6.07) is 15.7. The van der Waals surface area contributed by atoms with Crippen LogP contribution >= 0.6 is 0 Å². The van der Waals surface area contributed by atoms with Gasteiger partial charge < -0.3 is 0 Å². The van der Waals surface area contributed by atoms with Crippen LogP contribution in [0.3, 0.4) is 0 Å². The maximum absolute atomic E-state index is 13.6. The number of piperidine rings is 1. The van der Waals surface area contributed by atoms with Crippen LogP contribution < -0.4 is 0 Å². The molecule has 0 radical (unpaired) electrons. The highest BCUT2D eigenvalue weighted by Crippen LogP contribution is 2.28. The first-order valence-electron chi connectivity index (χ1n) is 10.0. The van der Waals surface area contributed by atoms with E-state index in [1.807, 2.05) is 57.9 Å². The second kappa shape index (κ2) is 7.57. The average Bonchev–Trinajstić information content (AvgIpc) is 3.17. The lowest BCUT2D eigenvalue weighted by Crippen LogP contribution is -2.41. The molecule has 4 heterocycles. The van der Waals surface area contributed by atoms with E-state index in [1.165, 1.54) is 0 Å². The zero-order valence-electron chi connectivity index (χ0n) is 16.4. The van der Waals surface area contributed by atoms with Crippen molar-refractivity contribution in [3.05, 3.63) is 72.7 Å². The number of alkyl halides is 2. The molecule has 7 heteroatoms. The minimum absolute atomic E-state index is 0.00872. The second-order valence-electron chi connectivity index (χ2n) is 7.73. The topological polar surface area (TPSA) is 46.3 Å². The van der Waals surface area contributed by atoms with Gasteiger partial charge in [-0.3, -0.25) is 9.88 Å². The Morgan fingerprint density at radius 3 is 2.50 bits per heavy atom. The minimum Gasteiger partial charge on any atom is -0.293 e. The van der Waals surface area contributed by atoms with Gasteiger partial charge in [0, 0.05) is 36.5 Å². The van der Waals surface area contributed by atoms with Gasteiger partial charge in [-0.2, -0.15) is 5.10 Å². The van der Waals surface area contributed by atoms with Crippen molar-refractivity contribution in [2.75, 3.05) is 13.1 Å². The number of nitrogens with zero attached hydrogens (tertiary/aromatic N) is 5. The Labute approximate surface area is 173 Å². The average molecular weight is 405 g/mol. The van der Waals surface area contributed by atoms with Gasteiger partial charge in [-0.25, -0.2) is 18.3 Å². The summed E-state index contributed by atoms with van der Waals surface area (Å²) in [5.74, 6) is -2.58. The van der Waals surface area contributed by atoms with Crippen LogP contribution in [0.5, 0.6) is 0 Å². The van der Waals surface area contributed by atoms with Crippen molar-refractivity contribution >= 4 is 5.65 Å². The third-order valence-corrected chi connectivity index (χ3v) is 5.47. The van der Waals surface area contributed by atoms with E-state index in [9.17, 15) is 8.78 Å². The predicted molar refractivity (Wildman–Crippen MR) is 111 cm³/mol. The van der Waals surface area contributed by atoms with Gasteiger partial charge in [0.2, 0.25) is 0 Å². The molecule has 1 aromatic carbocycles. The summed E-state index contributed by atoms with van der Waals surface area (Å²) in [6.07, 6.45) is 5.82. The lowest BCUT2D eigenvalue weighted by atomic mass is 10.1. The van der Waals surface area contributed by atoms with Gasteiger partial charge in [-0.1, -0.05) is 24.3 Å². The van der Waals surface area contributed by atoms with E-state index < -0.39 is 5.92 Å². The summed E-state index contributed by atoms with van der Waals surface area (Å²) in [5.41, 5.74) is 5.48. The number of benzene rings is 1. The molecule has 0 saturated carbocycles. The van der Waals surface area contributed by atoms with Crippen molar-refractivity contribution in [3.63, 3.8) is 0 Å². The van der Waals surface area contributed by atoms with Gasteiger partial charge in [-0.05, 0) is 42.8 Å². The molecule has 152 valence electrons. The Morgan fingerprint density at radius 2 is 1.73 bits per heavy atom. The number of aromatic nitrogens is 4. The molecule has 0 N–H and O–H groups in total. The molecule has 0 unspecified atom stereocenters. The van der Waals surface area contributed by atoms with E-state index in [4.69, 9.17) is 5.10 Å². The zero-order chi connectivity index (χ0) is 20.6. The van der Waals surface area contributed by atoms with Gasteiger partial charge in [0.1, 0.15) is 0 Å². The molecular formula is C23H21F2N5. The summed E-state index contributed by atoms with van der Waals surface area (Å²) < 4.78 is 29.1. The maximum Gasteiger partial charge on any atom is 0.260 e. The van der Waals surface area contributed by atoms with Crippen molar-refractivity contribution in [1.29, 1.82) is 0 Å². The standard InChI is InChI=1S/C23H21F2N5/c24-23(25)10-1-13-29(16-23)15-17-2-4-19(5-3-17)21-14-27-22-7-6-20(28-30(21)22)18-8-11-26-12-9-18/h2-9,11-12,14H,1,10,13,15-16H2. The van der Waals surface area contributed by atoms with E-state index in [-0.39, 0.29) is 13.0 Å². The van der Waals surface area contributed by atoms with Crippen LogP contribution in [0.1, 0.15) is 18.4 Å². The van der Waals surface area contributed by atoms with Crippen molar-refractivity contribution in [2.45, 2.75) is 25.3 Å². The van der Waals surface area contributed by atoms with Crippen molar-refractivity contribution < 1.29 is 8.78 Å². The molecule has 0 amide bonds. The van der Waals surface area contributed by atoms with Crippen LogP contribution in [0, 0.1) is 0 Å². The Hall–Kier alpha value is -3.19. The second-order valence-corrected chi connectivity index (χ2v) is 7.73. The fourth-order valence-corrected chi connectivity index (χ4v) is 3.97. The Balaban J connectivity index is 1.40. The van der Waals surface area contributed by atoms with Gasteiger partial charge in [-0.15, -0.1) is 0 Å². The van der Waals surface area contributed by atoms with Crippen molar-refractivity contribution in [3.8, 4) is 22.5 Å². The highest BCUT2D eigenvalue weighted by molar-refractivity contribution is 5.65. The van der Waals surface area contributed by atoms with E-state index in [1.54, 1.807) is 18.6 Å². The zero-order valence-corrected chi connectivity index (χ0v) is 16.4. The first kappa shape index (κ1) is 18.8. The van der Waals surface area contributed by atoms with Gasteiger partial charge in [0.05, 0.1) is 24.1 Å². The molecule has 0 aliphatic carbocycles. The van der Waals surface area contributed by atoms with E-state index >= 15 is 0 Å². The number of rotatable bonds is 4. The Morgan fingerprint density at radius 1 is 0.933 bits per heavy atom. The lowest BCUT2D eigenvalue weighted by molar-refractivity contribution is -0.0661. The number of imidazole rings is 1.